The van der Waals surface area contributed by atoms with E-state index in [2.05, 4.69) is 11.2 Å². The molecule has 0 atom stereocenters. The molecule has 2 aromatic heterocycles. The second-order valence-electron chi connectivity index (χ2n) is 6.34. The van der Waals surface area contributed by atoms with E-state index >= 15 is 0 Å². The van der Waals surface area contributed by atoms with Crippen molar-refractivity contribution < 1.29 is 9.90 Å². The normalized spacial score (nSPS) is 17.0. The van der Waals surface area contributed by atoms with Gasteiger partial charge in [-0.2, -0.15) is 5.10 Å². The van der Waals surface area contributed by atoms with Gasteiger partial charge in [-0.3, -0.25) is 9.48 Å². The molecule has 0 saturated heterocycles. The third-order valence-corrected chi connectivity index (χ3v) is 6.02. The maximum absolute atomic E-state index is 12.8. The number of fused-ring (bicyclic) bond motifs is 2. The zero-order chi connectivity index (χ0) is 15.8. The number of aryl methyl sites for hydroxylation is 2. The number of aliphatic hydroxyl groups is 1. The van der Waals surface area contributed by atoms with E-state index in [1.165, 1.54) is 29.7 Å². The lowest BCUT2D eigenvalue weighted by molar-refractivity contribution is 0.0752. The quantitative estimate of drug-likeness (QED) is 0.879. The van der Waals surface area contributed by atoms with Crippen molar-refractivity contribution in [1.29, 1.82) is 0 Å². The maximum Gasteiger partial charge on any atom is 0.264 e. The summed E-state index contributed by atoms with van der Waals surface area (Å²) in [6.45, 7) is 1.78. The van der Waals surface area contributed by atoms with E-state index in [0.29, 0.717) is 19.6 Å². The predicted molar refractivity (Wildman–Crippen MR) is 88.5 cm³/mol. The molecule has 4 rings (SSSR count). The average molecular weight is 331 g/mol. The van der Waals surface area contributed by atoms with Crippen molar-refractivity contribution in [3.8, 4) is 0 Å². The fourth-order valence-corrected chi connectivity index (χ4v) is 4.79. The van der Waals surface area contributed by atoms with Crippen molar-refractivity contribution in [3.63, 3.8) is 0 Å². The third kappa shape index (κ3) is 2.70. The first-order valence-electron chi connectivity index (χ1n) is 8.31. The minimum Gasteiger partial charge on any atom is -0.394 e. The van der Waals surface area contributed by atoms with Gasteiger partial charge in [0, 0.05) is 17.0 Å². The molecule has 1 amide bonds. The highest BCUT2D eigenvalue weighted by atomic mass is 32.1. The molecule has 122 valence electrons. The minimum atomic E-state index is 0.0692. The molecule has 1 N–H and O–H groups in total. The second kappa shape index (κ2) is 6.09. The van der Waals surface area contributed by atoms with Crippen LogP contribution in [0, 0.1) is 0 Å². The molecule has 0 bridgehead atoms. The van der Waals surface area contributed by atoms with Crippen LogP contribution >= 0.6 is 11.3 Å². The highest BCUT2D eigenvalue weighted by Gasteiger charge is 2.29. The Kier molecular flexibility index (Phi) is 3.95. The van der Waals surface area contributed by atoms with Crippen molar-refractivity contribution in [2.75, 3.05) is 6.61 Å². The van der Waals surface area contributed by atoms with Crippen LogP contribution in [0.5, 0.6) is 0 Å². The lowest BCUT2D eigenvalue weighted by atomic mass is 10.1. The summed E-state index contributed by atoms with van der Waals surface area (Å²) in [6.07, 6.45) is 7.84. The van der Waals surface area contributed by atoms with Crippen molar-refractivity contribution in [1.82, 2.24) is 14.7 Å². The fourth-order valence-electron chi connectivity index (χ4n) is 3.57. The number of hydrogen-bond donors (Lipinski definition) is 1. The van der Waals surface area contributed by atoms with Crippen LogP contribution in [0.25, 0.3) is 0 Å². The maximum atomic E-state index is 12.8. The van der Waals surface area contributed by atoms with Gasteiger partial charge in [-0.05, 0) is 37.3 Å². The Balaban J connectivity index is 1.52. The van der Waals surface area contributed by atoms with Gasteiger partial charge in [0.25, 0.3) is 5.91 Å². The Morgan fingerprint density at radius 3 is 2.96 bits per heavy atom. The molecule has 1 aliphatic carbocycles. The summed E-state index contributed by atoms with van der Waals surface area (Å²) >= 11 is 1.69. The molecule has 3 heterocycles. The molecule has 0 spiro atoms. The van der Waals surface area contributed by atoms with Gasteiger partial charge in [0.15, 0.2) is 0 Å². The van der Waals surface area contributed by atoms with Crippen LogP contribution in [0.4, 0.5) is 0 Å². The summed E-state index contributed by atoms with van der Waals surface area (Å²) in [4.78, 5) is 17.0. The first kappa shape index (κ1) is 14.9. The van der Waals surface area contributed by atoms with Crippen LogP contribution < -0.4 is 0 Å². The van der Waals surface area contributed by atoms with E-state index in [0.717, 1.165) is 29.0 Å². The van der Waals surface area contributed by atoms with Crippen LogP contribution in [0.2, 0.25) is 0 Å². The van der Waals surface area contributed by atoms with Gasteiger partial charge < -0.3 is 10.0 Å². The van der Waals surface area contributed by atoms with Gasteiger partial charge in [0.2, 0.25) is 0 Å². The summed E-state index contributed by atoms with van der Waals surface area (Å²) in [5.74, 6) is 0.134. The predicted octanol–water partition coefficient (Wildman–Crippen LogP) is 2.36. The topological polar surface area (TPSA) is 58.4 Å². The van der Waals surface area contributed by atoms with E-state index < -0.39 is 0 Å². The molecule has 0 saturated carbocycles. The number of carbonyl (C=O) groups is 1. The Labute approximate surface area is 139 Å². The highest BCUT2D eigenvalue weighted by molar-refractivity contribution is 7.14. The summed E-state index contributed by atoms with van der Waals surface area (Å²) in [6, 6.07) is 2.12. The van der Waals surface area contributed by atoms with Gasteiger partial charge >= 0.3 is 0 Å². The molecular formula is C17H21N3O2S. The monoisotopic (exact) mass is 331 g/mol. The number of thiophene rings is 1. The Morgan fingerprint density at radius 1 is 1.22 bits per heavy atom. The van der Waals surface area contributed by atoms with E-state index in [-0.39, 0.29) is 12.5 Å². The molecule has 0 unspecified atom stereocenters. The van der Waals surface area contributed by atoms with Crippen molar-refractivity contribution in [2.24, 2.45) is 0 Å². The standard InChI is InChI=1S/C17H21N3O2S/c21-7-6-20-14-11-19(10-13(14)9-18-20)17(22)16-8-12-4-2-1-3-5-15(12)23-16/h8-9,21H,1-7,10-11H2. The molecule has 6 heteroatoms. The van der Waals surface area contributed by atoms with Crippen LogP contribution in [0.1, 0.15) is 50.6 Å². The summed E-state index contributed by atoms with van der Waals surface area (Å²) in [5, 5.41) is 13.4. The summed E-state index contributed by atoms with van der Waals surface area (Å²) in [7, 11) is 0. The molecule has 5 nitrogen and oxygen atoms in total. The average Bonchev–Trinajstić information content (AvgIpc) is 3.20. The molecule has 0 radical (unpaired) electrons. The number of aromatic nitrogens is 2. The Bertz CT molecular complexity index is 711. The molecule has 0 fully saturated rings. The molecule has 0 aromatic carbocycles. The number of aliphatic hydroxyl groups excluding tert-OH is 1. The molecule has 2 aliphatic rings. The summed E-state index contributed by atoms with van der Waals surface area (Å²) < 4.78 is 1.81. The number of nitrogens with zero attached hydrogens (tertiary/aromatic N) is 3. The minimum absolute atomic E-state index is 0.0692. The lowest BCUT2D eigenvalue weighted by Gasteiger charge is -2.15. The smallest absolute Gasteiger partial charge is 0.264 e. The van der Waals surface area contributed by atoms with Crippen molar-refractivity contribution in [3.05, 3.63) is 38.8 Å². The Hall–Kier alpha value is -1.66. The highest BCUT2D eigenvalue weighted by Crippen LogP contribution is 2.31. The summed E-state index contributed by atoms with van der Waals surface area (Å²) in [5.41, 5.74) is 3.55. The first-order chi connectivity index (χ1) is 11.3. The molecule has 23 heavy (non-hydrogen) atoms. The van der Waals surface area contributed by atoms with Crippen LogP contribution in [-0.2, 0) is 32.5 Å². The Morgan fingerprint density at radius 2 is 2.09 bits per heavy atom. The van der Waals surface area contributed by atoms with E-state index in [1.807, 2.05) is 15.8 Å². The molecular weight excluding hydrogens is 310 g/mol. The molecule has 2 aromatic rings. The van der Waals surface area contributed by atoms with Gasteiger partial charge in [-0.1, -0.05) is 6.42 Å². The number of hydrogen-bond acceptors (Lipinski definition) is 4. The zero-order valence-electron chi connectivity index (χ0n) is 13.1. The van der Waals surface area contributed by atoms with E-state index in [9.17, 15) is 4.79 Å². The van der Waals surface area contributed by atoms with Gasteiger partial charge in [0.05, 0.1) is 36.5 Å². The van der Waals surface area contributed by atoms with Crippen molar-refractivity contribution >= 4 is 17.2 Å². The van der Waals surface area contributed by atoms with E-state index in [1.54, 1.807) is 11.3 Å². The fraction of sp³-hybridized carbons (Fsp3) is 0.529. The first-order valence-corrected chi connectivity index (χ1v) is 9.13. The van der Waals surface area contributed by atoms with E-state index in [4.69, 9.17) is 5.11 Å². The van der Waals surface area contributed by atoms with Crippen LogP contribution in [-0.4, -0.2) is 32.3 Å². The zero-order valence-corrected chi connectivity index (χ0v) is 13.9. The van der Waals surface area contributed by atoms with Gasteiger partial charge in [-0.25, -0.2) is 0 Å². The van der Waals surface area contributed by atoms with Crippen LogP contribution in [0.3, 0.4) is 0 Å². The van der Waals surface area contributed by atoms with Gasteiger partial charge in [0.1, 0.15) is 0 Å². The van der Waals surface area contributed by atoms with Gasteiger partial charge in [-0.15, -0.1) is 11.3 Å². The number of rotatable bonds is 3. The molecule has 1 aliphatic heterocycles. The number of carbonyl (C=O) groups excluding carboxylic acids is 1. The van der Waals surface area contributed by atoms with Crippen molar-refractivity contribution in [2.45, 2.75) is 51.7 Å². The SMILES string of the molecule is O=C(c1cc2c(s1)CCCCC2)N1Cc2cnn(CCO)c2C1. The lowest BCUT2D eigenvalue weighted by Crippen LogP contribution is -2.25. The number of amides is 1. The van der Waals surface area contributed by atoms with Crippen LogP contribution in [0.15, 0.2) is 12.3 Å². The largest absolute Gasteiger partial charge is 0.394 e. The third-order valence-electron chi connectivity index (χ3n) is 4.79. The second-order valence-corrected chi connectivity index (χ2v) is 7.48.